The van der Waals surface area contributed by atoms with Gasteiger partial charge in [0.05, 0.1) is 12.8 Å². The Morgan fingerprint density at radius 2 is 1.74 bits per heavy atom. The molecule has 0 rings (SSSR count). The minimum Gasteiger partial charge on any atom is -0.463 e. The second-order valence-corrected chi connectivity index (χ2v) is 5.09. The molecule has 0 amide bonds. The number of carbonyl (C=O) groups is 2. The first-order valence-electron chi connectivity index (χ1n) is 6.16. The van der Waals surface area contributed by atoms with Crippen LogP contribution in [0.2, 0.25) is 0 Å². The maximum Gasteiger partial charge on any atom is 0.306 e. The van der Waals surface area contributed by atoms with Gasteiger partial charge in [0.2, 0.25) is 0 Å². The van der Waals surface area contributed by atoms with Crippen LogP contribution < -0.4 is 0 Å². The van der Waals surface area contributed by atoms with E-state index in [4.69, 9.17) is 14.2 Å². The lowest BCUT2D eigenvalue weighted by atomic mass is 10.4. The highest BCUT2D eigenvalue weighted by Gasteiger charge is 2.14. The molecule has 0 fully saturated rings. The fourth-order valence-corrected chi connectivity index (χ4v) is 1.73. The maximum absolute atomic E-state index is 11.3. The van der Waals surface area contributed by atoms with Crippen LogP contribution in [0.4, 0.5) is 0 Å². The smallest absolute Gasteiger partial charge is 0.306 e. The van der Waals surface area contributed by atoms with Crippen molar-refractivity contribution in [1.82, 2.24) is 0 Å². The van der Waals surface area contributed by atoms with Gasteiger partial charge in [0.15, 0.2) is 0 Å². The van der Waals surface area contributed by atoms with Gasteiger partial charge in [0.1, 0.15) is 19.3 Å². The average molecular weight is 310 g/mol. The summed E-state index contributed by atoms with van der Waals surface area (Å²) in [7, 11) is 0. The summed E-state index contributed by atoms with van der Waals surface area (Å²) in [6.07, 6.45) is 2.15. The number of thiol groups is 1. The Balaban J connectivity index is 3.90. The minimum absolute atomic E-state index is 0.0935. The first-order chi connectivity index (χ1) is 9.13. The van der Waals surface area contributed by atoms with Gasteiger partial charge in [-0.1, -0.05) is 0 Å². The molecule has 0 aliphatic rings. The monoisotopic (exact) mass is 310 g/mol. The van der Waals surface area contributed by atoms with Gasteiger partial charge in [-0.05, 0) is 13.2 Å². The van der Waals surface area contributed by atoms with Crippen molar-refractivity contribution in [1.29, 1.82) is 0 Å². The molecule has 0 heterocycles. The molecule has 19 heavy (non-hydrogen) atoms. The number of esters is 2. The van der Waals surface area contributed by atoms with Crippen LogP contribution in [-0.4, -0.2) is 55.6 Å². The molecule has 0 saturated carbocycles. The molecule has 0 aromatic heterocycles. The van der Waals surface area contributed by atoms with Crippen molar-refractivity contribution >= 4 is 36.3 Å². The van der Waals surface area contributed by atoms with E-state index in [1.54, 1.807) is 11.8 Å². The molecule has 7 heteroatoms. The lowest BCUT2D eigenvalue weighted by Gasteiger charge is -2.17. The lowest BCUT2D eigenvalue weighted by molar-refractivity contribution is -0.154. The van der Waals surface area contributed by atoms with Crippen molar-refractivity contribution in [3.05, 3.63) is 0 Å². The number of hydrogen-bond acceptors (Lipinski definition) is 7. The highest BCUT2D eigenvalue weighted by molar-refractivity contribution is 7.98. The molecule has 0 aromatic rings. The zero-order valence-electron chi connectivity index (χ0n) is 11.4. The van der Waals surface area contributed by atoms with Crippen molar-refractivity contribution in [3.63, 3.8) is 0 Å². The van der Waals surface area contributed by atoms with Gasteiger partial charge >= 0.3 is 11.9 Å². The molecule has 0 radical (unpaired) electrons. The molecule has 0 aliphatic heterocycles. The first-order valence-corrected chi connectivity index (χ1v) is 8.19. The van der Waals surface area contributed by atoms with E-state index in [9.17, 15) is 9.59 Å². The Morgan fingerprint density at radius 1 is 1.16 bits per heavy atom. The third-order valence-electron chi connectivity index (χ3n) is 2.09. The van der Waals surface area contributed by atoms with Crippen LogP contribution in [0.15, 0.2) is 0 Å². The third kappa shape index (κ3) is 11.1. The molecule has 0 N–H and O–H groups in total. The fraction of sp³-hybridized carbons (Fsp3) is 0.833. The van der Waals surface area contributed by atoms with E-state index < -0.39 is 6.10 Å². The summed E-state index contributed by atoms with van der Waals surface area (Å²) in [5.74, 6) is 0.589. The quantitative estimate of drug-likeness (QED) is 0.461. The molecule has 1 atom stereocenters. The van der Waals surface area contributed by atoms with E-state index in [0.717, 1.165) is 5.75 Å². The highest BCUT2D eigenvalue weighted by Crippen LogP contribution is 2.01. The van der Waals surface area contributed by atoms with E-state index in [2.05, 4.69) is 12.6 Å². The zero-order valence-corrected chi connectivity index (χ0v) is 13.1. The van der Waals surface area contributed by atoms with Crippen LogP contribution in [0.5, 0.6) is 0 Å². The summed E-state index contributed by atoms with van der Waals surface area (Å²) >= 11 is 5.53. The second-order valence-electron chi connectivity index (χ2n) is 3.66. The predicted molar refractivity (Wildman–Crippen MR) is 78.8 cm³/mol. The molecule has 0 bridgehead atoms. The molecule has 112 valence electrons. The number of thioether (sulfide) groups is 1. The fourth-order valence-electron chi connectivity index (χ4n) is 1.17. The van der Waals surface area contributed by atoms with Gasteiger partial charge < -0.3 is 14.2 Å². The van der Waals surface area contributed by atoms with Crippen molar-refractivity contribution in [2.24, 2.45) is 0 Å². The van der Waals surface area contributed by atoms with Crippen LogP contribution in [-0.2, 0) is 23.8 Å². The zero-order chi connectivity index (χ0) is 14.5. The van der Waals surface area contributed by atoms with E-state index in [-0.39, 0.29) is 31.6 Å². The summed E-state index contributed by atoms with van der Waals surface area (Å²) in [5.41, 5.74) is 0. The molecule has 0 aliphatic carbocycles. The van der Waals surface area contributed by atoms with Crippen molar-refractivity contribution in [2.75, 3.05) is 37.6 Å². The van der Waals surface area contributed by atoms with Crippen molar-refractivity contribution < 1.29 is 23.8 Å². The van der Waals surface area contributed by atoms with Crippen LogP contribution in [0.1, 0.15) is 19.8 Å². The molecule has 0 saturated heterocycles. The van der Waals surface area contributed by atoms with E-state index in [1.807, 2.05) is 13.2 Å². The van der Waals surface area contributed by atoms with Crippen LogP contribution in [0.25, 0.3) is 0 Å². The summed E-state index contributed by atoms with van der Waals surface area (Å²) in [6, 6.07) is 0. The predicted octanol–water partition coefficient (Wildman–Crippen LogP) is 1.55. The Labute approximate surface area is 124 Å². The Bertz CT molecular complexity index is 261. The van der Waals surface area contributed by atoms with E-state index >= 15 is 0 Å². The standard InChI is InChI=1S/C12H22O5S2/c1-3-15-10(8-16-11(13)4-6-18)9-17-12(14)5-7-19-2/h10,18H,3-9H2,1-2H3. The van der Waals surface area contributed by atoms with Gasteiger partial charge in [-0.3, -0.25) is 9.59 Å². The summed E-state index contributed by atoms with van der Waals surface area (Å²) in [4.78, 5) is 22.5. The lowest BCUT2D eigenvalue weighted by Crippen LogP contribution is -2.28. The highest BCUT2D eigenvalue weighted by atomic mass is 32.2. The summed E-state index contributed by atoms with van der Waals surface area (Å²) < 4.78 is 15.4. The summed E-state index contributed by atoms with van der Waals surface area (Å²) in [5, 5.41) is 0. The van der Waals surface area contributed by atoms with Crippen LogP contribution >= 0.6 is 24.4 Å². The number of carbonyl (C=O) groups excluding carboxylic acids is 2. The van der Waals surface area contributed by atoms with Crippen molar-refractivity contribution in [3.8, 4) is 0 Å². The molecular weight excluding hydrogens is 288 g/mol. The minimum atomic E-state index is -0.410. The first kappa shape index (κ1) is 18.6. The number of ether oxygens (including phenoxy) is 3. The van der Waals surface area contributed by atoms with Gasteiger partial charge in [-0.2, -0.15) is 24.4 Å². The van der Waals surface area contributed by atoms with Crippen LogP contribution in [0, 0.1) is 0 Å². The Hall–Kier alpha value is -0.400. The molecule has 5 nitrogen and oxygen atoms in total. The van der Waals surface area contributed by atoms with Gasteiger partial charge in [-0.25, -0.2) is 0 Å². The maximum atomic E-state index is 11.3. The van der Waals surface area contributed by atoms with Gasteiger partial charge in [0.25, 0.3) is 0 Å². The topological polar surface area (TPSA) is 61.8 Å². The van der Waals surface area contributed by atoms with Crippen LogP contribution in [0.3, 0.4) is 0 Å². The Morgan fingerprint density at radius 3 is 2.21 bits per heavy atom. The number of hydrogen-bond donors (Lipinski definition) is 1. The number of rotatable bonds is 11. The third-order valence-corrected chi connectivity index (χ3v) is 2.93. The molecule has 0 aromatic carbocycles. The molecular formula is C12H22O5S2. The second kappa shape index (κ2) is 12.6. The van der Waals surface area contributed by atoms with E-state index in [0.29, 0.717) is 18.8 Å². The molecule has 1 unspecified atom stereocenters. The average Bonchev–Trinajstić information content (AvgIpc) is 2.39. The van der Waals surface area contributed by atoms with E-state index in [1.165, 1.54) is 0 Å². The van der Waals surface area contributed by atoms with Gasteiger partial charge in [-0.15, -0.1) is 0 Å². The van der Waals surface area contributed by atoms with Gasteiger partial charge in [0, 0.05) is 18.1 Å². The van der Waals surface area contributed by atoms with Crippen molar-refractivity contribution in [2.45, 2.75) is 25.9 Å². The normalized spacial score (nSPS) is 11.9. The SMILES string of the molecule is CCOC(COC(=O)CCS)COC(=O)CCSC. The molecule has 0 spiro atoms. The summed E-state index contributed by atoms with van der Waals surface area (Å²) in [6.45, 7) is 2.50. The largest absolute Gasteiger partial charge is 0.463 e. The Kier molecular flexibility index (Phi) is 12.4.